The minimum atomic E-state index is 0.0222. The summed E-state index contributed by atoms with van der Waals surface area (Å²) in [6, 6.07) is 1.98. The quantitative estimate of drug-likeness (QED) is 0.650. The maximum absolute atomic E-state index is 11.6. The van der Waals surface area contributed by atoms with E-state index in [2.05, 4.69) is 15.6 Å². The molecule has 1 atom stereocenters. The number of H-pyrrole nitrogens is 1. The molecule has 0 bridgehead atoms. The van der Waals surface area contributed by atoms with Crippen LogP contribution in [0.15, 0.2) is 18.5 Å². The van der Waals surface area contributed by atoms with E-state index in [0.717, 1.165) is 24.9 Å². The van der Waals surface area contributed by atoms with Crippen molar-refractivity contribution in [3.63, 3.8) is 0 Å². The third kappa shape index (κ3) is 2.14. The molecule has 0 saturated carbocycles. The molecule has 76 valence electrons. The molecule has 1 fully saturated rings. The van der Waals surface area contributed by atoms with Crippen LogP contribution in [0, 0.1) is 0 Å². The predicted molar refractivity (Wildman–Crippen MR) is 53.7 cm³/mol. The van der Waals surface area contributed by atoms with Crippen molar-refractivity contribution in [1.82, 2.24) is 15.6 Å². The van der Waals surface area contributed by atoms with E-state index >= 15 is 0 Å². The van der Waals surface area contributed by atoms with E-state index in [0.29, 0.717) is 6.54 Å². The minimum absolute atomic E-state index is 0.0222. The van der Waals surface area contributed by atoms with Crippen LogP contribution in [0.3, 0.4) is 0 Å². The largest absolute Gasteiger partial charge is 0.367 e. The highest BCUT2D eigenvalue weighted by Crippen LogP contribution is 2.05. The number of hydrogen-bond acceptors (Lipinski definition) is 2. The fraction of sp³-hybridized carbons (Fsp3) is 0.500. The van der Waals surface area contributed by atoms with Crippen LogP contribution in [-0.2, 0) is 11.3 Å². The molecule has 1 aliphatic rings. The predicted octanol–water partition coefficient (Wildman–Crippen LogP) is 0.383. The van der Waals surface area contributed by atoms with Crippen LogP contribution >= 0.6 is 0 Å². The maximum Gasteiger partial charge on any atom is 0.237 e. The summed E-state index contributed by atoms with van der Waals surface area (Å²) < 4.78 is 0. The van der Waals surface area contributed by atoms with Crippen LogP contribution in [0.25, 0.3) is 0 Å². The molecule has 14 heavy (non-hydrogen) atoms. The Bertz CT molecular complexity index is 288. The Morgan fingerprint density at radius 3 is 3.21 bits per heavy atom. The van der Waals surface area contributed by atoms with Gasteiger partial charge in [0.1, 0.15) is 0 Å². The van der Waals surface area contributed by atoms with Gasteiger partial charge < -0.3 is 15.6 Å². The average molecular weight is 193 g/mol. The van der Waals surface area contributed by atoms with Crippen LogP contribution in [-0.4, -0.2) is 23.5 Å². The minimum Gasteiger partial charge on any atom is -0.367 e. The number of aromatic nitrogens is 1. The highest BCUT2D eigenvalue weighted by molar-refractivity contribution is 5.81. The van der Waals surface area contributed by atoms with Crippen molar-refractivity contribution in [1.29, 1.82) is 0 Å². The summed E-state index contributed by atoms with van der Waals surface area (Å²) in [6.07, 6.45) is 5.80. The first-order chi connectivity index (χ1) is 6.86. The van der Waals surface area contributed by atoms with Crippen LogP contribution < -0.4 is 10.6 Å². The topological polar surface area (TPSA) is 56.9 Å². The van der Waals surface area contributed by atoms with Gasteiger partial charge in [-0.25, -0.2) is 0 Å². The number of amides is 1. The number of hydrogen-bond donors (Lipinski definition) is 3. The smallest absolute Gasteiger partial charge is 0.237 e. The Hall–Kier alpha value is -1.29. The van der Waals surface area contributed by atoms with Gasteiger partial charge in [0.15, 0.2) is 0 Å². The first kappa shape index (κ1) is 9.27. The molecule has 1 aromatic heterocycles. The third-order valence-electron chi connectivity index (χ3n) is 2.51. The number of nitrogens with one attached hydrogen (secondary N) is 3. The van der Waals surface area contributed by atoms with Crippen molar-refractivity contribution in [2.45, 2.75) is 25.4 Å². The third-order valence-corrected chi connectivity index (χ3v) is 2.51. The monoisotopic (exact) mass is 193 g/mol. The first-order valence-corrected chi connectivity index (χ1v) is 4.99. The second-order valence-corrected chi connectivity index (χ2v) is 3.59. The van der Waals surface area contributed by atoms with E-state index in [9.17, 15) is 4.79 Å². The fourth-order valence-electron chi connectivity index (χ4n) is 1.69. The lowest BCUT2D eigenvalue weighted by Gasteiger charge is -2.09. The zero-order valence-electron chi connectivity index (χ0n) is 8.05. The van der Waals surface area contributed by atoms with Crippen molar-refractivity contribution >= 4 is 5.91 Å². The van der Waals surface area contributed by atoms with E-state index in [-0.39, 0.29) is 11.9 Å². The van der Waals surface area contributed by atoms with Crippen LogP contribution in [0.5, 0.6) is 0 Å². The molecule has 1 aromatic rings. The standard InChI is InChI=1S/C10H15N3O/c14-10(9-2-1-4-12-9)13-7-8-3-5-11-6-8/h3,5-6,9,11-12H,1-2,4,7H2,(H,13,14). The van der Waals surface area contributed by atoms with Crippen molar-refractivity contribution in [2.75, 3.05) is 6.54 Å². The summed E-state index contributed by atoms with van der Waals surface area (Å²) in [5.41, 5.74) is 1.11. The Morgan fingerprint density at radius 1 is 1.64 bits per heavy atom. The number of rotatable bonds is 3. The Balaban J connectivity index is 1.77. The molecule has 0 spiro atoms. The molecule has 1 unspecified atom stereocenters. The lowest BCUT2D eigenvalue weighted by molar-refractivity contribution is -0.122. The van der Waals surface area contributed by atoms with Crippen LogP contribution in [0.4, 0.5) is 0 Å². The Kier molecular flexibility index (Phi) is 2.84. The molecule has 4 nitrogen and oxygen atoms in total. The van der Waals surface area contributed by atoms with Gasteiger partial charge in [0.25, 0.3) is 0 Å². The normalized spacial score (nSPS) is 21.0. The summed E-state index contributed by atoms with van der Waals surface area (Å²) in [5.74, 6) is 0.115. The first-order valence-electron chi connectivity index (χ1n) is 4.99. The van der Waals surface area contributed by atoms with Gasteiger partial charge in [0, 0.05) is 18.9 Å². The van der Waals surface area contributed by atoms with E-state index in [4.69, 9.17) is 0 Å². The van der Waals surface area contributed by atoms with Crippen LogP contribution in [0.2, 0.25) is 0 Å². The summed E-state index contributed by atoms with van der Waals surface area (Å²) in [7, 11) is 0. The van der Waals surface area contributed by atoms with Crippen LogP contribution in [0.1, 0.15) is 18.4 Å². The maximum atomic E-state index is 11.6. The van der Waals surface area contributed by atoms with E-state index in [1.807, 2.05) is 18.5 Å². The number of aromatic amines is 1. The molecule has 4 heteroatoms. The lowest BCUT2D eigenvalue weighted by Crippen LogP contribution is -2.39. The molecular formula is C10H15N3O. The fourth-order valence-corrected chi connectivity index (χ4v) is 1.69. The Morgan fingerprint density at radius 2 is 2.57 bits per heavy atom. The molecule has 0 aliphatic carbocycles. The average Bonchev–Trinajstić information content (AvgIpc) is 2.87. The van der Waals surface area contributed by atoms with Gasteiger partial charge in [0.05, 0.1) is 6.04 Å². The van der Waals surface area contributed by atoms with Crippen molar-refractivity contribution in [2.24, 2.45) is 0 Å². The zero-order chi connectivity index (χ0) is 9.80. The second-order valence-electron chi connectivity index (χ2n) is 3.59. The van der Waals surface area contributed by atoms with E-state index in [1.165, 1.54) is 0 Å². The van der Waals surface area contributed by atoms with Crippen molar-refractivity contribution in [3.8, 4) is 0 Å². The molecule has 1 saturated heterocycles. The van der Waals surface area contributed by atoms with Gasteiger partial charge >= 0.3 is 0 Å². The molecule has 3 N–H and O–H groups in total. The summed E-state index contributed by atoms with van der Waals surface area (Å²) in [6.45, 7) is 1.57. The summed E-state index contributed by atoms with van der Waals surface area (Å²) >= 11 is 0. The van der Waals surface area contributed by atoms with Gasteiger partial charge in [-0.05, 0) is 31.0 Å². The number of carbonyl (C=O) groups is 1. The molecule has 2 heterocycles. The summed E-state index contributed by atoms with van der Waals surface area (Å²) in [4.78, 5) is 14.5. The molecule has 1 amide bonds. The van der Waals surface area contributed by atoms with Crippen molar-refractivity contribution in [3.05, 3.63) is 24.0 Å². The van der Waals surface area contributed by atoms with Gasteiger partial charge in [-0.15, -0.1) is 0 Å². The van der Waals surface area contributed by atoms with E-state index in [1.54, 1.807) is 0 Å². The molecular weight excluding hydrogens is 178 g/mol. The highest BCUT2D eigenvalue weighted by Gasteiger charge is 2.21. The Labute approximate surface area is 83.1 Å². The molecule has 0 radical (unpaired) electrons. The van der Waals surface area contributed by atoms with Crippen molar-refractivity contribution < 1.29 is 4.79 Å². The highest BCUT2D eigenvalue weighted by atomic mass is 16.2. The van der Waals surface area contributed by atoms with Gasteiger partial charge in [-0.2, -0.15) is 0 Å². The molecule has 0 aromatic carbocycles. The molecule has 2 rings (SSSR count). The van der Waals surface area contributed by atoms with Gasteiger partial charge in [0.2, 0.25) is 5.91 Å². The molecule has 1 aliphatic heterocycles. The van der Waals surface area contributed by atoms with Gasteiger partial charge in [-0.1, -0.05) is 0 Å². The number of carbonyl (C=O) groups excluding carboxylic acids is 1. The van der Waals surface area contributed by atoms with Gasteiger partial charge in [-0.3, -0.25) is 4.79 Å². The zero-order valence-corrected chi connectivity index (χ0v) is 8.05. The lowest BCUT2D eigenvalue weighted by atomic mass is 10.2. The SMILES string of the molecule is O=C(NCc1cc[nH]c1)C1CCCN1. The van der Waals surface area contributed by atoms with E-state index < -0.39 is 0 Å². The summed E-state index contributed by atoms with van der Waals surface area (Å²) in [5, 5.41) is 6.07. The second kappa shape index (κ2) is 4.28.